The van der Waals surface area contributed by atoms with E-state index in [0.717, 1.165) is 31.1 Å². The first-order chi connectivity index (χ1) is 9.38. The first-order valence-corrected chi connectivity index (χ1v) is 9.78. The minimum atomic E-state index is -3.87. The maximum absolute atomic E-state index is 13.8. The van der Waals surface area contributed by atoms with Crippen LogP contribution in [-0.4, -0.2) is 27.0 Å². The summed E-state index contributed by atoms with van der Waals surface area (Å²) >= 11 is 4.71. The highest BCUT2D eigenvalue weighted by molar-refractivity contribution is 9.10. The minimum absolute atomic E-state index is 0.0397. The quantitative estimate of drug-likeness (QED) is 0.533. The fourth-order valence-corrected chi connectivity index (χ4v) is 3.92. The number of anilines is 1. The van der Waals surface area contributed by atoms with Crippen LogP contribution < -0.4 is 10.5 Å². The third kappa shape index (κ3) is 5.23. The summed E-state index contributed by atoms with van der Waals surface area (Å²) in [4.78, 5) is -0.423. The molecule has 114 valence electrons. The zero-order chi connectivity index (χ0) is 15.2. The van der Waals surface area contributed by atoms with E-state index in [1.54, 1.807) is 11.8 Å². The highest BCUT2D eigenvalue weighted by Gasteiger charge is 2.21. The van der Waals surface area contributed by atoms with Crippen LogP contribution >= 0.6 is 27.7 Å². The van der Waals surface area contributed by atoms with E-state index in [1.165, 1.54) is 6.07 Å². The van der Waals surface area contributed by atoms with Crippen LogP contribution in [0.15, 0.2) is 21.5 Å². The SMILES string of the molecule is CSCCCCCNS(=O)(=O)c1cc(N)cc(Br)c1F. The monoisotopic (exact) mass is 384 g/mol. The number of rotatable bonds is 8. The molecule has 0 fully saturated rings. The molecule has 8 heteroatoms. The van der Waals surface area contributed by atoms with Crippen molar-refractivity contribution in [2.45, 2.75) is 24.2 Å². The Hall–Kier alpha value is -0.310. The summed E-state index contributed by atoms with van der Waals surface area (Å²) in [5, 5.41) is 0. The van der Waals surface area contributed by atoms with Crippen LogP contribution in [0.4, 0.5) is 10.1 Å². The van der Waals surface area contributed by atoms with Crippen molar-refractivity contribution in [1.82, 2.24) is 4.72 Å². The van der Waals surface area contributed by atoms with Gasteiger partial charge in [0.25, 0.3) is 0 Å². The molecular weight excluding hydrogens is 367 g/mol. The summed E-state index contributed by atoms with van der Waals surface area (Å²) in [6.07, 6.45) is 4.74. The van der Waals surface area contributed by atoms with Crippen molar-refractivity contribution in [1.29, 1.82) is 0 Å². The molecule has 1 aromatic rings. The molecule has 20 heavy (non-hydrogen) atoms. The molecule has 0 aliphatic heterocycles. The summed E-state index contributed by atoms with van der Waals surface area (Å²) in [7, 11) is -3.87. The van der Waals surface area contributed by atoms with Crippen LogP contribution in [0.25, 0.3) is 0 Å². The molecule has 0 aliphatic rings. The number of nitrogen functional groups attached to an aromatic ring is 1. The van der Waals surface area contributed by atoms with Gasteiger partial charge in [-0.2, -0.15) is 11.8 Å². The van der Waals surface area contributed by atoms with E-state index in [2.05, 4.69) is 20.7 Å². The van der Waals surface area contributed by atoms with Crippen LogP contribution in [0.1, 0.15) is 19.3 Å². The van der Waals surface area contributed by atoms with Crippen LogP contribution in [0.2, 0.25) is 0 Å². The summed E-state index contributed by atoms with van der Waals surface area (Å²) in [6, 6.07) is 2.45. The number of benzene rings is 1. The van der Waals surface area contributed by atoms with Crippen molar-refractivity contribution < 1.29 is 12.8 Å². The Morgan fingerprint density at radius 1 is 1.35 bits per heavy atom. The maximum atomic E-state index is 13.8. The molecule has 0 aliphatic carbocycles. The van der Waals surface area contributed by atoms with Crippen LogP contribution in [0.3, 0.4) is 0 Å². The number of nitrogens with two attached hydrogens (primary N) is 1. The Morgan fingerprint density at radius 3 is 2.70 bits per heavy atom. The Morgan fingerprint density at radius 2 is 2.05 bits per heavy atom. The smallest absolute Gasteiger partial charge is 0.243 e. The molecule has 1 rings (SSSR count). The van der Waals surface area contributed by atoms with Gasteiger partial charge in [-0.1, -0.05) is 6.42 Å². The molecule has 0 spiro atoms. The Labute approximate surface area is 131 Å². The standard InChI is InChI=1S/C12H18BrFN2O2S2/c1-19-6-4-2-3-5-16-20(17,18)11-8-9(15)7-10(13)12(11)14/h7-8,16H,2-6,15H2,1H3. The minimum Gasteiger partial charge on any atom is -0.399 e. The van der Waals surface area contributed by atoms with Gasteiger partial charge in [-0.3, -0.25) is 0 Å². The van der Waals surface area contributed by atoms with E-state index in [9.17, 15) is 12.8 Å². The lowest BCUT2D eigenvalue weighted by molar-refractivity contribution is 0.551. The van der Waals surface area contributed by atoms with E-state index in [4.69, 9.17) is 5.73 Å². The Balaban J connectivity index is 2.65. The average molecular weight is 385 g/mol. The molecule has 4 nitrogen and oxygen atoms in total. The molecule has 0 saturated carbocycles. The third-order valence-corrected chi connectivity index (χ3v) is 5.36. The number of thioether (sulfide) groups is 1. The van der Waals surface area contributed by atoms with Crippen LogP contribution in [0, 0.1) is 5.82 Å². The summed E-state index contributed by atoms with van der Waals surface area (Å²) in [5.41, 5.74) is 5.74. The molecule has 3 N–H and O–H groups in total. The number of hydrogen-bond acceptors (Lipinski definition) is 4. The van der Waals surface area contributed by atoms with Gasteiger partial charge < -0.3 is 5.73 Å². The lowest BCUT2D eigenvalue weighted by atomic mass is 10.2. The van der Waals surface area contributed by atoms with Crippen molar-refractivity contribution in [3.8, 4) is 0 Å². The first-order valence-electron chi connectivity index (χ1n) is 6.11. The van der Waals surface area contributed by atoms with Crippen molar-refractivity contribution in [2.75, 3.05) is 24.3 Å². The number of unbranched alkanes of at least 4 members (excludes halogenated alkanes) is 2. The van der Waals surface area contributed by atoms with Gasteiger partial charge >= 0.3 is 0 Å². The number of halogens is 2. The molecule has 0 saturated heterocycles. The average Bonchev–Trinajstić information content (AvgIpc) is 2.37. The zero-order valence-corrected chi connectivity index (χ0v) is 14.4. The van der Waals surface area contributed by atoms with Gasteiger partial charge in [-0.15, -0.1) is 0 Å². The van der Waals surface area contributed by atoms with Crippen LogP contribution in [0.5, 0.6) is 0 Å². The molecular formula is C12H18BrFN2O2S2. The fraction of sp³-hybridized carbons (Fsp3) is 0.500. The van der Waals surface area contributed by atoms with Gasteiger partial charge in [-0.05, 0) is 52.9 Å². The van der Waals surface area contributed by atoms with Crippen molar-refractivity contribution in [2.24, 2.45) is 0 Å². The molecule has 0 atom stereocenters. The second kappa shape index (κ2) is 8.21. The fourth-order valence-electron chi connectivity index (χ4n) is 1.61. The Kier molecular flexibility index (Phi) is 7.28. The zero-order valence-electron chi connectivity index (χ0n) is 11.2. The molecule has 0 aromatic heterocycles. The predicted octanol–water partition coefficient (Wildman–Crippen LogP) is 2.98. The van der Waals surface area contributed by atoms with E-state index in [0.29, 0.717) is 6.54 Å². The highest BCUT2D eigenvalue weighted by atomic mass is 79.9. The van der Waals surface area contributed by atoms with Gasteiger partial charge in [0, 0.05) is 12.2 Å². The second-order valence-corrected chi connectivity index (χ2v) is 7.84. The van der Waals surface area contributed by atoms with Crippen molar-refractivity contribution in [3.05, 3.63) is 22.4 Å². The van der Waals surface area contributed by atoms with Gasteiger partial charge in [0.15, 0.2) is 5.82 Å². The second-order valence-electron chi connectivity index (χ2n) is 4.27. The van der Waals surface area contributed by atoms with E-state index in [1.807, 2.05) is 6.26 Å². The van der Waals surface area contributed by atoms with Gasteiger partial charge in [0.1, 0.15) is 4.90 Å². The van der Waals surface area contributed by atoms with Gasteiger partial charge in [0.2, 0.25) is 10.0 Å². The van der Waals surface area contributed by atoms with Crippen molar-refractivity contribution >= 4 is 43.4 Å². The summed E-state index contributed by atoms with van der Waals surface area (Å²) in [6.45, 7) is 0.294. The Bertz CT molecular complexity index is 553. The van der Waals surface area contributed by atoms with Gasteiger partial charge in [-0.25, -0.2) is 17.5 Å². The van der Waals surface area contributed by atoms with Gasteiger partial charge in [0.05, 0.1) is 4.47 Å². The normalized spacial score (nSPS) is 11.8. The lowest BCUT2D eigenvalue weighted by Gasteiger charge is -2.09. The third-order valence-electron chi connectivity index (χ3n) is 2.62. The topological polar surface area (TPSA) is 72.2 Å². The van der Waals surface area contributed by atoms with Crippen LogP contribution in [-0.2, 0) is 10.0 Å². The highest BCUT2D eigenvalue weighted by Crippen LogP contribution is 2.25. The summed E-state index contributed by atoms with van der Waals surface area (Å²) in [5.74, 6) is 0.234. The summed E-state index contributed by atoms with van der Waals surface area (Å²) < 4.78 is 40.3. The number of hydrogen-bond donors (Lipinski definition) is 2. The number of nitrogens with one attached hydrogen (secondary N) is 1. The number of sulfonamides is 1. The maximum Gasteiger partial charge on any atom is 0.243 e. The van der Waals surface area contributed by atoms with E-state index >= 15 is 0 Å². The lowest BCUT2D eigenvalue weighted by Crippen LogP contribution is -2.26. The molecule has 0 bridgehead atoms. The first kappa shape index (κ1) is 17.7. The molecule has 0 radical (unpaired) electrons. The molecule has 1 aromatic carbocycles. The van der Waals surface area contributed by atoms with E-state index in [-0.39, 0.29) is 10.2 Å². The van der Waals surface area contributed by atoms with Crippen molar-refractivity contribution in [3.63, 3.8) is 0 Å². The molecule has 0 unspecified atom stereocenters. The van der Waals surface area contributed by atoms with E-state index < -0.39 is 20.7 Å². The predicted molar refractivity (Wildman–Crippen MR) is 85.9 cm³/mol. The molecule has 0 amide bonds. The molecule has 0 heterocycles. The largest absolute Gasteiger partial charge is 0.399 e.